The van der Waals surface area contributed by atoms with Crippen LogP contribution in [0, 0.1) is 5.92 Å². The van der Waals surface area contributed by atoms with Gasteiger partial charge in [-0.05, 0) is 38.1 Å². The molecule has 1 aliphatic rings. The van der Waals surface area contributed by atoms with Gasteiger partial charge < -0.3 is 0 Å². The fraction of sp³-hybridized carbons (Fsp3) is 0.467. The van der Waals surface area contributed by atoms with Crippen molar-refractivity contribution in [2.45, 2.75) is 19.0 Å². The normalized spacial score (nSPS) is 16.8. The SMILES string of the molecule is O=C(Nc1n[nH]c(-c2ccccn2)n1)C1CCN(CC(F)(F)F)CC1. The Morgan fingerprint density at radius 1 is 1.32 bits per heavy atom. The van der Waals surface area contributed by atoms with E-state index in [2.05, 4.69) is 25.5 Å². The van der Waals surface area contributed by atoms with E-state index in [1.54, 1.807) is 24.4 Å². The van der Waals surface area contributed by atoms with Gasteiger partial charge in [-0.15, -0.1) is 5.10 Å². The number of H-pyrrole nitrogens is 1. The van der Waals surface area contributed by atoms with Crippen molar-refractivity contribution in [3.63, 3.8) is 0 Å². The highest BCUT2D eigenvalue weighted by Gasteiger charge is 2.34. The average molecular weight is 354 g/mol. The van der Waals surface area contributed by atoms with Gasteiger partial charge in [-0.3, -0.25) is 25.1 Å². The first-order valence-corrected chi connectivity index (χ1v) is 7.84. The summed E-state index contributed by atoms with van der Waals surface area (Å²) in [6, 6.07) is 5.33. The minimum absolute atomic E-state index is 0.128. The zero-order chi connectivity index (χ0) is 17.9. The molecule has 0 aromatic carbocycles. The van der Waals surface area contributed by atoms with Gasteiger partial charge in [0.15, 0.2) is 5.82 Å². The number of hydrogen-bond acceptors (Lipinski definition) is 5. The van der Waals surface area contributed by atoms with E-state index in [4.69, 9.17) is 0 Å². The lowest BCUT2D eigenvalue weighted by Gasteiger charge is -2.31. The van der Waals surface area contributed by atoms with Crippen molar-refractivity contribution in [3.8, 4) is 11.5 Å². The third-order valence-corrected chi connectivity index (χ3v) is 3.99. The number of aromatic nitrogens is 4. The number of pyridine rings is 1. The summed E-state index contributed by atoms with van der Waals surface area (Å²) in [5.74, 6) is -0.0706. The third kappa shape index (κ3) is 4.75. The second kappa shape index (κ2) is 7.18. The second-order valence-corrected chi connectivity index (χ2v) is 5.88. The van der Waals surface area contributed by atoms with Crippen LogP contribution in [-0.2, 0) is 4.79 Å². The van der Waals surface area contributed by atoms with Gasteiger partial charge >= 0.3 is 6.18 Å². The number of nitrogens with one attached hydrogen (secondary N) is 2. The minimum Gasteiger partial charge on any atom is -0.295 e. The van der Waals surface area contributed by atoms with E-state index in [0.717, 1.165) is 0 Å². The van der Waals surface area contributed by atoms with Gasteiger partial charge in [0.1, 0.15) is 5.69 Å². The molecular formula is C15H17F3N6O. The van der Waals surface area contributed by atoms with Gasteiger partial charge in [0.2, 0.25) is 11.9 Å². The Kier molecular flexibility index (Phi) is 4.98. The number of hydrogen-bond donors (Lipinski definition) is 2. The maximum absolute atomic E-state index is 12.4. The molecule has 0 spiro atoms. The zero-order valence-corrected chi connectivity index (χ0v) is 13.3. The smallest absolute Gasteiger partial charge is 0.295 e. The van der Waals surface area contributed by atoms with E-state index in [9.17, 15) is 18.0 Å². The van der Waals surface area contributed by atoms with Crippen molar-refractivity contribution in [2.75, 3.05) is 25.0 Å². The van der Waals surface area contributed by atoms with Crippen LogP contribution in [0.4, 0.5) is 19.1 Å². The first-order valence-electron chi connectivity index (χ1n) is 7.84. The van der Waals surface area contributed by atoms with E-state index >= 15 is 0 Å². The molecule has 2 aromatic heterocycles. The molecule has 3 rings (SSSR count). The topological polar surface area (TPSA) is 86.8 Å². The molecule has 2 N–H and O–H groups in total. The van der Waals surface area contributed by atoms with Crippen molar-refractivity contribution >= 4 is 11.9 Å². The summed E-state index contributed by atoms with van der Waals surface area (Å²) in [6.45, 7) is -0.453. The van der Waals surface area contributed by atoms with E-state index in [0.29, 0.717) is 24.4 Å². The molecule has 2 aromatic rings. The Balaban J connectivity index is 1.53. The fourth-order valence-electron chi connectivity index (χ4n) is 2.75. The summed E-state index contributed by atoms with van der Waals surface area (Å²) in [7, 11) is 0. The predicted molar refractivity (Wildman–Crippen MR) is 83.5 cm³/mol. The highest BCUT2D eigenvalue weighted by atomic mass is 19.4. The summed E-state index contributed by atoms with van der Waals surface area (Å²) >= 11 is 0. The Morgan fingerprint density at radius 2 is 2.08 bits per heavy atom. The molecule has 3 heterocycles. The number of alkyl halides is 3. The molecule has 0 bridgehead atoms. The molecule has 1 saturated heterocycles. The lowest BCUT2D eigenvalue weighted by molar-refractivity contribution is -0.149. The van der Waals surface area contributed by atoms with Crippen LogP contribution >= 0.6 is 0 Å². The number of carbonyl (C=O) groups is 1. The molecule has 0 radical (unpaired) electrons. The molecule has 1 amide bonds. The predicted octanol–water partition coefficient (Wildman–Crippen LogP) is 2.08. The molecule has 0 unspecified atom stereocenters. The molecule has 0 saturated carbocycles. The van der Waals surface area contributed by atoms with Crippen LogP contribution in [0.2, 0.25) is 0 Å². The summed E-state index contributed by atoms with van der Waals surface area (Å²) in [5, 5.41) is 9.22. The number of aromatic amines is 1. The molecule has 25 heavy (non-hydrogen) atoms. The van der Waals surface area contributed by atoms with Crippen molar-refractivity contribution in [1.29, 1.82) is 0 Å². The van der Waals surface area contributed by atoms with Crippen LogP contribution in [0.25, 0.3) is 11.5 Å². The van der Waals surface area contributed by atoms with E-state index in [-0.39, 0.29) is 30.9 Å². The van der Waals surface area contributed by atoms with Crippen LogP contribution in [0.1, 0.15) is 12.8 Å². The molecule has 0 aliphatic carbocycles. The Hall–Kier alpha value is -2.49. The summed E-state index contributed by atoms with van der Waals surface area (Å²) in [4.78, 5) is 21.8. The molecule has 134 valence electrons. The number of amides is 1. The number of rotatable bonds is 4. The number of halogens is 3. The Morgan fingerprint density at radius 3 is 2.72 bits per heavy atom. The lowest BCUT2D eigenvalue weighted by Crippen LogP contribution is -2.42. The average Bonchev–Trinajstić information content (AvgIpc) is 3.03. The van der Waals surface area contributed by atoms with Gasteiger partial charge in [0.25, 0.3) is 0 Å². The lowest BCUT2D eigenvalue weighted by atomic mass is 9.96. The largest absolute Gasteiger partial charge is 0.401 e. The monoisotopic (exact) mass is 354 g/mol. The van der Waals surface area contributed by atoms with Crippen LogP contribution in [-0.4, -0.2) is 56.8 Å². The van der Waals surface area contributed by atoms with Crippen LogP contribution in [0.3, 0.4) is 0 Å². The maximum atomic E-state index is 12.4. The molecule has 1 fully saturated rings. The number of carbonyl (C=O) groups excluding carboxylic acids is 1. The molecule has 10 heteroatoms. The van der Waals surface area contributed by atoms with E-state index in [1.807, 2.05) is 0 Å². The van der Waals surface area contributed by atoms with Gasteiger partial charge in [0.05, 0.1) is 6.54 Å². The van der Waals surface area contributed by atoms with E-state index < -0.39 is 12.7 Å². The van der Waals surface area contributed by atoms with Crippen molar-refractivity contribution in [2.24, 2.45) is 5.92 Å². The van der Waals surface area contributed by atoms with Gasteiger partial charge in [-0.1, -0.05) is 6.07 Å². The number of anilines is 1. The van der Waals surface area contributed by atoms with Gasteiger partial charge in [0, 0.05) is 12.1 Å². The molecule has 7 nitrogen and oxygen atoms in total. The standard InChI is InChI=1S/C15H17F3N6O/c16-15(17,18)9-24-7-4-10(5-8-24)13(25)21-14-20-12(22-23-14)11-3-1-2-6-19-11/h1-3,6,10H,4-5,7-9H2,(H2,20,21,22,23,25). The van der Waals surface area contributed by atoms with E-state index in [1.165, 1.54) is 4.90 Å². The highest BCUT2D eigenvalue weighted by molar-refractivity contribution is 5.91. The maximum Gasteiger partial charge on any atom is 0.401 e. The number of nitrogens with zero attached hydrogens (tertiary/aromatic N) is 4. The van der Waals surface area contributed by atoms with Gasteiger partial charge in [-0.2, -0.15) is 18.2 Å². The number of piperidine rings is 1. The first-order chi connectivity index (χ1) is 11.9. The Labute approximate surface area is 141 Å². The zero-order valence-electron chi connectivity index (χ0n) is 13.3. The summed E-state index contributed by atoms with van der Waals surface area (Å²) < 4.78 is 37.1. The fourth-order valence-corrected chi connectivity index (χ4v) is 2.75. The van der Waals surface area contributed by atoms with Crippen molar-refractivity contribution in [3.05, 3.63) is 24.4 Å². The second-order valence-electron chi connectivity index (χ2n) is 5.88. The van der Waals surface area contributed by atoms with Crippen LogP contribution in [0.5, 0.6) is 0 Å². The van der Waals surface area contributed by atoms with Crippen molar-refractivity contribution in [1.82, 2.24) is 25.1 Å². The third-order valence-electron chi connectivity index (χ3n) is 3.99. The highest BCUT2D eigenvalue weighted by Crippen LogP contribution is 2.23. The first kappa shape index (κ1) is 17.3. The minimum atomic E-state index is -4.21. The number of likely N-dealkylation sites (tertiary alicyclic amines) is 1. The Bertz CT molecular complexity index is 710. The quantitative estimate of drug-likeness (QED) is 0.878. The molecule has 0 atom stereocenters. The van der Waals surface area contributed by atoms with Gasteiger partial charge in [-0.25, -0.2) is 0 Å². The van der Waals surface area contributed by atoms with Crippen LogP contribution in [0.15, 0.2) is 24.4 Å². The molecule has 1 aliphatic heterocycles. The summed E-state index contributed by atoms with van der Waals surface area (Å²) in [6.07, 6.45) is -1.85. The molecular weight excluding hydrogens is 337 g/mol. The van der Waals surface area contributed by atoms with Crippen molar-refractivity contribution < 1.29 is 18.0 Å². The van der Waals surface area contributed by atoms with Crippen LogP contribution < -0.4 is 5.32 Å². The summed E-state index contributed by atoms with van der Waals surface area (Å²) in [5.41, 5.74) is 0.593.